The molecule has 1 saturated heterocycles. The van der Waals surface area contributed by atoms with Gasteiger partial charge in [0.2, 0.25) is 11.8 Å². The van der Waals surface area contributed by atoms with E-state index in [2.05, 4.69) is 10.1 Å². The predicted octanol–water partition coefficient (Wildman–Crippen LogP) is 0.989. The van der Waals surface area contributed by atoms with E-state index in [0.29, 0.717) is 6.54 Å². The number of carbonyl (C=O) groups is 3. The number of hydrogen-bond acceptors (Lipinski definition) is 5. The van der Waals surface area contributed by atoms with E-state index in [1.165, 1.54) is 24.9 Å². The number of hydrogen-bond donors (Lipinski definition) is 1. The number of methoxy groups -OCH3 is 1. The standard InChI is InChI=1S/C15H24N2O4/c1-21-14(19)8-9-16-12-10-13(18)17(15(12)20)11-6-4-2-3-5-7-11/h11-12,16H,2-10H2,1H3. The molecule has 0 spiro atoms. The van der Waals surface area contributed by atoms with Gasteiger partial charge in [0.05, 0.1) is 26.0 Å². The van der Waals surface area contributed by atoms with Gasteiger partial charge in [-0.1, -0.05) is 25.7 Å². The molecule has 6 nitrogen and oxygen atoms in total. The molecular formula is C15H24N2O4. The average molecular weight is 296 g/mol. The molecule has 2 aliphatic rings. The van der Waals surface area contributed by atoms with E-state index in [1.807, 2.05) is 0 Å². The Bertz CT molecular complexity index is 402. The van der Waals surface area contributed by atoms with Gasteiger partial charge in [0, 0.05) is 12.6 Å². The lowest BCUT2D eigenvalue weighted by molar-refractivity contribution is -0.143. The van der Waals surface area contributed by atoms with Crippen molar-refractivity contribution in [1.82, 2.24) is 10.2 Å². The van der Waals surface area contributed by atoms with Gasteiger partial charge in [0.15, 0.2) is 0 Å². The maximum atomic E-state index is 12.4. The van der Waals surface area contributed by atoms with Crippen molar-refractivity contribution in [2.45, 2.75) is 63.5 Å². The zero-order valence-electron chi connectivity index (χ0n) is 12.6. The van der Waals surface area contributed by atoms with Crippen LogP contribution in [-0.2, 0) is 19.1 Å². The summed E-state index contributed by atoms with van der Waals surface area (Å²) in [5.41, 5.74) is 0. The Hall–Kier alpha value is -1.43. The van der Waals surface area contributed by atoms with Gasteiger partial charge in [-0.25, -0.2) is 0 Å². The number of likely N-dealkylation sites (tertiary alicyclic amines) is 1. The fourth-order valence-electron chi connectivity index (χ4n) is 3.16. The third kappa shape index (κ3) is 4.03. The molecule has 1 heterocycles. The Balaban J connectivity index is 1.88. The minimum Gasteiger partial charge on any atom is -0.469 e. The van der Waals surface area contributed by atoms with E-state index in [0.717, 1.165) is 25.7 Å². The molecular weight excluding hydrogens is 272 g/mol. The largest absolute Gasteiger partial charge is 0.469 e. The highest BCUT2D eigenvalue weighted by Crippen LogP contribution is 2.26. The summed E-state index contributed by atoms with van der Waals surface area (Å²) >= 11 is 0. The van der Waals surface area contributed by atoms with Crippen molar-refractivity contribution in [1.29, 1.82) is 0 Å². The first-order valence-corrected chi connectivity index (χ1v) is 7.79. The van der Waals surface area contributed by atoms with Crippen LogP contribution < -0.4 is 5.32 Å². The van der Waals surface area contributed by atoms with Crippen LogP contribution in [0.25, 0.3) is 0 Å². The number of nitrogens with one attached hydrogen (secondary N) is 1. The van der Waals surface area contributed by atoms with Gasteiger partial charge in [0.1, 0.15) is 0 Å². The van der Waals surface area contributed by atoms with Crippen molar-refractivity contribution in [3.05, 3.63) is 0 Å². The van der Waals surface area contributed by atoms with Gasteiger partial charge >= 0.3 is 5.97 Å². The van der Waals surface area contributed by atoms with Gasteiger partial charge in [0.25, 0.3) is 0 Å². The fraction of sp³-hybridized carbons (Fsp3) is 0.800. The van der Waals surface area contributed by atoms with E-state index in [-0.39, 0.29) is 36.7 Å². The molecule has 21 heavy (non-hydrogen) atoms. The van der Waals surface area contributed by atoms with Crippen LogP contribution in [0.5, 0.6) is 0 Å². The normalized spacial score (nSPS) is 24.2. The quantitative estimate of drug-likeness (QED) is 0.465. The Morgan fingerprint density at radius 3 is 2.52 bits per heavy atom. The van der Waals surface area contributed by atoms with Crippen LogP contribution >= 0.6 is 0 Å². The van der Waals surface area contributed by atoms with Crippen LogP contribution in [0, 0.1) is 0 Å². The fourth-order valence-corrected chi connectivity index (χ4v) is 3.16. The molecule has 0 aromatic heterocycles. The Morgan fingerprint density at radius 2 is 1.90 bits per heavy atom. The molecule has 0 aromatic carbocycles. The van der Waals surface area contributed by atoms with E-state index in [1.54, 1.807) is 0 Å². The molecule has 1 atom stereocenters. The van der Waals surface area contributed by atoms with Crippen LogP contribution in [0.2, 0.25) is 0 Å². The molecule has 0 radical (unpaired) electrons. The van der Waals surface area contributed by atoms with Crippen molar-refractivity contribution in [3.63, 3.8) is 0 Å². The van der Waals surface area contributed by atoms with Crippen LogP contribution in [0.3, 0.4) is 0 Å². The molecule has 2 rings (SSSR count). The number of carbonyl (C=O) groups excluding carboxylic acids is 3. The van der Waals surface area contributed by atoms with Crippen molar-refractivity contribution < 1.29 is 19.1 Å². The Kier molecular flexibility index (Phi) is 5.73. The molecule has 0 bridgehead atoms. The molecule has 2 fully saturated rings. The van der Waals surface area contributed by atoms with Crippen LogP contribution in [-0.4, -0.2) is 48.4 Å². The summed E-state index contributed by atoms with van der Waals surface area (Å²) in [6.45, 7) is 0.356. The number of rotatable bonds is 5. The Labute approximate surface area is 125 Å². The van der Waals surface area contributed by atoms with Gasteiger partial charge < -0.3 is 10.1 Å². The summed E-state index contributed by atoms with van der Waals surface area (Å²) in [6, 6.07) is -0.412. The predicted molar refractivity (Wildman–Crippen MR) is 76.4 cm³/mol. The molecule has 6 heteroatoms. The van der Waals surface area contributed by atoms with E-state index in [4.69, 9.17) is 0 Å². The van der Waals surface area contributed by atoms with E-state index < -0.39 is 6.04 Å². The highest BCUT2D eigenvalue weighted by atomic mass is 16.5. The molecule has 118 valence electrons. The van der Waals surface area contributed by atoms with E-state index in [9.17, 15) is 14.4 Å². The molecule has 2 amide bonds. The summed E-state index contributed by atoms with van der Waals surface area (Å²) in [6.07, 6.45) is 6.80. The zero-order chi connectivity index (χ0) is 15.2. The van der Waals surface area contributed by atoms with Crippen molar-refractivity contribution in [2.24, 2.45) is 0 Å². The minimum atomic E-state index is -0.481. The molecule has 1 saturated carbocycles. The maximum Gasteiger partial charge on any atom is 0.306 e. The molecule has 1 aliphatic heterocycles. The topological polar surface area (TPSA) is 75.7 Å². The average Bonchev–Trinajstić information content (AvgIpc) is 2.67. The molecule has 0 aromatic rings. The van der Waals surface area contributed by atoms with Crippen molar-refractivity contribution >= 4 is 17.8 Å². The maximum absolute atomic E-state index is 12.4. The smallest absolute Gasteiger partial charge is 0.306 e. The van der Waals surface area contributed by atoms with Crippen LogP contribution in [0.4, 0.5) is 0 Å². The van der Waals surface area contributed by atoms with Crippen LogP contribution in [0.1, 0.15) is 51.4 Å². The second kappa shape index (κ2) is 7.54. The monoisotopic (exact) mass is 296 g/mol. The van der Waals surface area contributed by atoms with Gasteiger partial charge in [-0.2, -0.15) is 0 Å². The van der Waals surface area contributed by atoms with E-state index >= 15 is 0 Å². The molecule has 1 N–H and O–H groups in total. The number of nitrogens with zero attached hydrogens (tertiary/aromatic N) is 1. The summed E-state index contributed by atoms with van der Waals surface area (Å²) in [4.78, 5) is 37.1. The Morgan fingerprint density at radius 1 is 1.24 bits per heavy atom. The lowest BCUT2D eigenvalue weighted by Crippen LogP contribution is -2.44. The molecule has 1 unspecified atom stereocenters. The number of esters is 1. The zero-order valence-corrected chi connectivity index (χ0v) is 12.6. The number of imide groups is 1. The van der Waals surface area contributed by atoms with Gasteiger partial charge in [-0.15, -0.1) is 0 Å². The number of ether oxygens (including phenoxy) is 1. The van der Waals surface area contributed by atoms with Crippen molar-refractivity contribution in [3.8, 4) is 0 Å². The summed E-state index contributed by atoms with van der Waals surface area (Å²) in [7, 11) is 1.33. The summed E-state index contributed by atoms with van der Waals surface area (Å²) in [5.74, 6) is -0.529. The second-order valence-corrected chi connectivity index (χ2v) is 5.78. The first-order chi connectivity index (χ1) is 10.1. The van der Waals surface area contributed by atoms with Crippen LogP contribution in [0.15, 0.2) is 0 Å². The SMILES string of the molecule is COC(=O)CCNC1CC(=O)N(C2CCCCCC2)C1=O. The highest BCUT2D eigenvalue weighted by molar-refractivity contribution is 6.05. The lowest BCUT2D eigenvalue weighted by Gasteiger charge is -2.25. The summed E-state index contributed by atoms with van der Waals surface area (Å²) < 4.78 is 4.55. The minimum absolute atomic E-state index is 0.0694. The van der Waals surface area contributed by atoms with Gasteiger partial charge in [-0.05, 0) is 12.8 Å². The first-order valence-electron chi connectivity index (χ1n) is 7.79. The first kappa shape index (κ1) is 15.9. The highest BCUT2D eigenvalue weighted by Gasteiger charge is 2.41. The second-order valence-electron chi connectivity index (χ2n) is 5.78. The number of amides is 2. The third-order valence-electron chi connectivity index (χ3n) is 4.32. The van der Waals surface area contributed by atoms with Gasteiger partial charge in [-0.3, -0.25) is 19.3 Å². The third-order valence-corrected chi connectivity index (χ3v) is 4.32. The molecule has 1 aliphatic carbocycles. The summed E-state index contributed by atoms with van der Waals surface area (Å²) in [5, 5.41) is 3.00. The van der Waals surface area contributed by atoms with Crippen molar-refractivity contribution in [2.75, 3.05) is 13.7 Å². The lowest BCUT2D eigenvalue weighted by atomic mass is 10.1.